The summed E-state index contributed by atoms with van der Waals surface area (Å²) in [5.74, 6) is 0.868. The highest BCUT2D eigenvalue weighted by Crippen LogP contribution is 2.26. The molecule has 5 heteroatoms. The van der Waals surface area contributed by atoms with Crippen LogP contribution in [0.1, 0.15) is 31.4 Å². The molecule has 110 valence electrons. The van der Waals surface area contributed by atoms with Crippen LogP contribution in [0.15, 0.2) is 12.3 Å². The second kappa shape index (κ2) is 6.06. The molecule has 2 unspecified atom stereocenters. The maximum Gasteiger partial charge on any atom is 0.225 e. The van der Waals surface area contributed by atoms with Crippen molar-refractivity contribution in [3.05, 3.63) is 18.0 Å². The van der Waals surface area contributed by atoms with E-state index in [1.807, 2.05) is 19.2 Å². The average molecular weight is 276 g/mol. The molecule has 0 radical (unpaired) electrons. The number of aliphatic hydroxyl groups is 1. The molecule has 2 saturated heterocycles. The van der Waals surface area contributed by atoms with Gasteiger partial charge in [-0.1, -0.05) is 0 Å². The monoisotopic (exact) mass is 276 g/mol. The summed E-state index contributed by atoms with van der Waals surface area (Å²) in [6, 6.07) is 2.79. The fraction of sp³-hybridized carbons (Fsp3) is 0.733. The van der Waals surface area contributed by atoms with Crippen molar-refractivity contribution in [1.29, 1.82) is 0 Å². The first-order valence-corrected chi connectivity index (χ1v) is 7.69. The average Bonchev–Trinajstić information content (AvgIpc) is 3.08. The van der Waals surface area contributed by atoms with Crippen molar-refractivity contribution < 1.29 is 5.11 Å². The molecule has 2 aliphatic heterocycles. The number of aryl methyl sites for hydroxylation is 1. The second-order valence-electron chi connectivity index (χ2n) is 5.96. The molecular weight excluding hydrogens is 252 g/mol. The van der Waals surface area contributed by atoms with E-state index in [1.165, 1.54) is 19.3 Å². The predicted octanol–water partition coefficient (Wildman–Crippen LogP) is 1.21. The highest BCUT2D eigenvalue weighted by Gasteiger charge is 2.32. The molecule has 3 heterocycles. The molecule has 0 bridgehead atoms. The third kappa shape index (κ3) is 2.79. The molecule has 0 saturated carbocycles. The normalized spacial score (nSPS) is 27.4. The first-order valence-electron chi connectivity index (χ1n) is 7.69. The lowest BCUT2D eigenvalue weighted by atomic mass is 10.2. The van der Waals surface area contributed by atoms with Gasteiger partial charge >= 0.3 is 0 Å². The number of hydrogen-bond acceptors (Lipinski definition) is 5. The maximum absolute atomic E-state index is 9.45. The Morgan fingerprint density at radius 2 is 2.05 bits per heavy atom. The number of aromatic nitrogens is 2. The zero-order chi connectivity index (χ0) is 13.9. The third-order valence-electron chi connectivity index (χ3n) is 4.57. The van der Waals surface area contributed by atoms with Crippen LogP contribution in [0.25, 0.3) is 0 Å². The maximum atomic E-state index is 9.45. The van der Waals surface area contributed by atoms with E-state index in [9.17, 15) is 5.11 Å². The molecule has 5 nitrogen and oxygen atoms in total. The summed E-state index contributed by atoms with van der Waals surface area (Å²) in [5, 5.41) is 9.45. The Hall–Kier alpha value is -1.20. The lowest BCUT2D eigenvalue weighted by Gasteiger charge is -2.31. The number of nitrogens with zero attached hydrogens (tertiary/aromatic N) is 4. The quantitative estimate of drug-likeness (QED) is 0.896. The molecule has 1 aromatic heterocycles. The van der Waals surface area contributed by atoms with Crippen LogP contribution < -0.4 is 4.90 Å². The van der Waals surface area contributed by atoms with Gasteiger partial charge in [0.1, 0.15) is 0 Å². The van der Waals surface area contributed by atoms with E-state index in [4.69, 9.17) is 0 Å². The first kappa shape index (κ1) is 13.8. The molecule has 1 N–H and O–H groups in total. The second-order valence-corrected chi connectivity index (χ2v) is 5.96. The van der Waals surface area contributed by atoms with Crippen molar-refractivity contribution >= 4 is 5.95 Å². The number of likely N-dealkylation sites (tertiary alicyclic amines) is 1. The zero-order valence-corrected chi connectivity index (χ0v) is 12.2. The van der Waals surface area contributed by atoms with Gasteiger partial charge in [0.15, 0.2) is 0 Å². The van der Waals surface area contributed by atoms with Crippen LogP contribution in [0.5, 0.6) is 0 Å². The number of hydrogen-bond donors (Lipinski definition) is 1. The van der Waals surface area contributed by atoms with Gasteiger partial charge < -0.3 is 10.0 Å². The van der Waals surface area contributed by atoms with Crippen molar-refractivity contribution in [2.24, 2.45) is 0 Å². The van der Waals surface area contributed by atoms with Crippen LogP contribution in [0, 0.1) is 6.92 Å². The van der Waals surface area contributed by atoms with Gasteiger partial charge in [0, 0.05) is 37.1 Å². The van der Waals surface area contributed by atoms with Crippen LogP contribution in [-0.2, 0) is 0 Å². The molecule has 0 aromatic carbocycles. The Labute approximate surface area is 120 Å². The summed E-state index contributed by atoms with van der Waals surface area (Å²) in [6.45, 7) is 5.49. The van der Waals surface area contributed by atoms with E-state index in [0.29, 0.717) is 12.1 Å². The minimum Gasteiger partial charge on any atom is -0.395 e. The van der Waals surface area contributed by atoms with Gasteiger partial charge in [0.2, 0.25) is 5.95 Å². The van der Waals surface area contributed by atoms with Crippen molar-refractivity contribution in [3.63, 3.8) is 0 Å². The van der Waals surface area contributed by atoms with Gasteiger partial charge in [-0.3, -0.25) is 4.90 Å². The molecular formula is C15H24N4O. The molecule has 2 fully saturated rings. The Bertz CT molecular complexity index is 453. The summed E-state index contributed by atoms with van der Waals surface area (Å²) < 4.78 is 0. The van der Waals surface area contributed by atoms with Crippen LogP contribution in [0.2, 0.25) is 0 Å². The lowest BCUT2D eigenvalue weighted by Crippen LogP contribution is -2.44. The van der Waals surface area contributed by atoms with Gasteiger partial charge in [-0.15, -0.1) is 0 Å². The van der Waals surface area contributed by atoms with Gasteiger partial charge in [-0.2, -0.15) is 0 Å². The van der Waals surface area contributed by atoms with Crippen LogP contribution in [-0.4, -0.2) is 58.3 Å². The molecule has 0 amide bonds. The molecule has 2 aliphatic rings. The van der Waals surface area contributed by atoms with E-state index in [-0.39, 0.29) is 6.61 Å². The zero-order valence-electron chi connectivity index (χ0n) is 12.2. The standard InChI is InChI=1S/C15H24N4O/c1-12-6-7-16-15(17-12)19-9-3-4-13(19)10-18-8-2-5-14(18)11-20/h6-7,13-14,20H,2-5,8-11H2,1H3. The Morgan fingerprint density at radius 1 is 1.25 bits per heavy atom. The fourth-order valence-corrected chi connectivity index (χ4v) is 3.48. The predicted molar refractivity (Wildman–Crippen MR) is 78.8 cm³/mol. The van der Waals surface area contributed by atoms with Gasteiger partial charge in [-0.25, -0.2) is 9.97 Å². The Kier molecular flexibility index (Phi) is 4.17. The fourth-order valence-electron chi connectivity index (χ4n) is 3.48. The van der Waals surface area contributed by atoms with Crippen molar-refractivity contribution in [2.75, 3.05) is 31.1 Å². The summed E-state index contributed by atoms with van der Waals surface area (Å²) in [7, 11) is 0. The van der Waals surface area contributed by atoms with Crippen molar-refractivity contribution in [3.8, 4) is 0 Å². The minimum atomic E-state index is 0.285. The van der Waals surface area contributed by atoms with E-state index in [0.717, 1.165) is 37.7 Å². The van der Waals surface area contributed by atoms with Crippen LogP contribution >= 0.6 is 0 Å². The molecule has 0 aliphatic carbocycles. The van der Waals surface area contributed by atoms with Gasteiger partial charge in [-0.05, 0) is 45.2 Å². The van der Waals surface area contributed by atoms with Crippen LogP contribution in [0.3, 0.4) is 0 Å². The SMILES string of the molecule is Cc1ccnc(N2CCCC2CN2CCCC2CO)n1. The third-order valence-corrected chi connectivity index (χ3v) is 4.57. The molecule has 1 aromatic rings. The summed E-state index contributed by atoms with van der Waals surface area (Å²) in [4.78, 5) is 13.8. The highest BCUT2D eigenvalue weighted by molar-refractivity contribution is 5.34. The molecule has 0 spiro atoms. The number of rotatable bonds is 4. The molecule has 3 rings (SSSR count). The Balaban J connectivity index is 1.69. The van der Waals surface area contributed by atoms with Crippen molar-refractivity contribution in [2.45, 2.75) is 44.7 Å². The van der Waals surface area contributed by atoms with Gasteiger partial charge in [0.05, 0.1) is 6.61 Å². The van der Waals surface area contributed by atoms with E-state index in [1.54, 1.807) is 0 Å². The summed E-state index contributed by atoms with van der Waals surface area (Å²) >= 11 is 0. The highest BCUT2D eigenvalue weighted by atomic mass is 16.3. The Morgan fingerprint density at radius 3 is 2.85 bits per heavy atom. The summed E-state index contributed by atoms with van der Waals surface area (Å²) in [6.07, 6.45) is 6.59. The summed E-state index contributed by atoms with van der Waals surface area (Å²) in [5.41, 5.74) is 1.02. The topological polar surface area (TPSA) is 52.5 Å². The van der Waals surface area contributed by atoms with E-state index in [2.05, 4.69) is 19.8 Å². The smallest absolute Gasteiger partial charge is 0.225 e. The van der Waals surface area contributed by atoms with Crippen LogP contribution in [0.4, 0.5) is 5.95 Å². The molecule has 2 atom stereocenters. The first-order chi connectivity index (χ1) is 9.78. The van der Waals surface area contributed by atoms with E-state index < -0.39 is 0 Å². The van der Waals surface area contributed by atoms with E-state index >= 15 is 0 Å². The molecule has 20 heavy (non-hydrogen) atoms. The van der Waals surface area contributed by atoms with Gasteiger partial charge in [0.25, 0.3) is 0 Å². The largest absolute Gasteiger partial charge is 0.395 e. The minimum absolute atomic E-state index is 0.285. The lowest BCUT2D eigenvalue weighted by molar-refractivity contribution is 0.153. The number of anilines is 1. The number of aliphatic hydroxyl groups excluding tert-OH is 1. The van der Waals surface area contributed by atoms with Crippen molar-refractivity contribution in [1.82, 2.24) is 14.9 Å².